The van der Waals surface area contributed by atoms with Gasteiger partial charge in [0.25, 0.3) is 5.91 Å². The molecule has 30 heavy (non-hydrogen) atoms. The van der Waals surface area contributed by atoms with Gasteiger partial charge in [0.1, 0.15) is 16.6 Å². The molecule has 1 N–H and O–H groups in total. The third-order valence-electron chi connectivity index (χ3n) is 5.00. The number of hydrogen-bond acceptors (Lipinski definition) is 6. The molecule has 1 fully saturated rings. The van der Waals surface area contributed by atoms with Crippen molar-refractivity contribution in [2.45, 2.75) is 6.42 Å². The van der Waals surface area contributed by atoms with E-state index in [4.69, 9.17) is 17.3 Å². The zero-order valence-electron chi connectivity index (χ0n) is 15.5. The number of nitrogens with zero attached hydrogens (tertiary/aromatic N) is 4. The fourth-order valence-corrected chi connectivity index (χ4v) is 4.89. The van der Waals surface area contributed by atoms with Gasteiger partial charge in [-0.2, -0.15) is 0 Å². The number of carboxylic acid groups (broad SMARTS) is 1. The molecule has 0 unspecified atom stereocenters. The van der Waals surface area contributed by atoms with E-state index >= 15 is 0 Å². The molecule has 148 valence electrons. The van der Waals surface area contributed by atoms with Gasteiger partial charge >= 0.3 is 5.97 Å². The first kappa shape index (κ1) is 18.7. The van der Waals surface area contributed by atoms with Crippen molar-refractivity contribution in [3.05, 3.63) is 70.4 Å². The summed E-state index contributed by atoms with van der Waals surface area (Å²) in [7, 11) is 0. The Morgan fingerprint density at radius 1 is 1.20 bits per heavy atom. The first-order valence-electron chi connectivity index (χ1n) is 9.11. The highest BCUT2D eigenvalue weighted by molar-refractivity contribution is 8.26. The molecule has 0 spiro atoms. The number of benzene rings is 2. The number of aliphatic carboxylic acids is 1. The number of carboxylic acids is 1. The summed E-state index contributed by atoms with van der Waals surface area (Å²) in [5.41, 5.74) is 6.42. The zero-order valence-corrected chi connectivity index (χ0v) is 17.1. The molecule has 2 aliphatic rings. The van der Waals surface area contributed by atoms with E-state index in [-0.39, 0.29) is 4.32 Å². The average molecular weight is 435 g/mol. The maximum absolute atomic E-state index is 12.4. The van der Waals surface area contributed by atoms with Gasteiger partial charge in [-0.1, -0.05) is 59.5 Å². The number of carbonyl (C=O) groups is 2. The molecule has 0 bridgehead atoms. The predicted molar refractivity (Wildman–Crippen MR) is 117 cm³/mol. The Hall–Kier alpha value is -3.30. The van der Waals surface area contributed by atoms with E-state index in [9.17, 15) is 9.59 Å². The van der Waals surface area contributed by atoms with Crippen molar-refractivity contribution in [1.82, 2.24) is 19.9 Å². The highest BCUT2D eigenvalue weighted by Gasteiger charge is 2.33. The Kier molecular flexibility index (Phi) is 4.48. The smallest absolute Gasteiger partial charge is 0.323 e. The van der Waals surface area contributed by atoms with E-state index in [1.807, 2.05) is 12.1 Å². The minimum absolute atomic E-state index is 0.222. The molecular weight excluding hydrogens is 420 g/mol. The van der Waals surface area contributed by atoms with Crippen LogP contribution in [0, 0.1) is 0 Å². The van der Waals surface area contributed by atoms with Gasteiger partial charge in [0.15, 0.2) is 0 Å². The Morgan fingerprint density at radius 2 is 2.00 bits per heavy atom. The first-order chi connectivity index (χ1) is 14.5. The third kappa shape index (κ3) is 3.21. The molecule has 1 amide bonds. The van der Waals surface area contributed by atoms with Crippen molar-refractivity contribution < 1.29 is 14.7 Å². The second-order valence-corrected chi connectivity index (χ2v) is 8.60. The Morgan fingerprint density at radius 3 is 2.83 bits per heavy atom. The van der Waals surface area contributed by atoms with E-state index in [0.717, 1.165) is 28.8 Å². The number of thiocarbonyl (C=S) groups is 1. The maximum atomic E-state index is 12.4. The van der Waals surface area contributed by atoms with Crippen LogP contribution in [0.1, 0.15) is 16.8 Å². The summed E-state index contributed by atoms with van der Waals surface area (Å²) in [6, 6.07) is 14.6. The molecule has 1 aromatic heterocycles. The van der Waals surface area contributed by atoms with Crippen LogP contribution in [0.2, 0.25) is 0 Å². The van der Waals surface area contributed by atoms with Crippen LogP contribution in [0.3, 0.4) is 0 Å². The molecule has 0 radical (unpaired) electrons. The molecule has 7 nitrogen and oxygen atoms in total. The molecule has 1 saturated heterocycles. The van der Waals surface area contributed by atoms with Crippen LogP contribution in [0.5, 0.6) is 0 Å². The molecule has 0 saturated carbocycles. The highest BCUT2D eigenvalue weighted by Crippen LogP contribution is 2.37. The fraction of sp³-hybridized carbons (Fsp3) is 0.0952. The van der Waals surface area contributed by atoms with Crippen LogP contribution in [0.4, 0.5) is 0 Å². The lowest BCUT2D eigenvalue weighted by Gasteiger charge is -2.09. The lowest BCUT2D eigenvalue weighted by molar-refractivity contribution is -0.140. The van der Waals surface area contributed by atoms with Crippen molar-refractivity contribution in [3.8, 4) is 16.8 Å². The van der Waals surface area contributed by atoms with Gasteiger partial charge in [-0.15, -0.1) is 5.10 Å². The quantitative estimate of drug-likeness (QED) is 0.390. The van der Waals surface area contributed by atoms with Gasteiger partial charge in [-0.05, 0) is 46.9 Å². The number of carbonyl (C=O) groups excluding carboxylic acids is 1. The molecule has 0 atom stereocenters. The monoisotopic (exact) mass is 434 g/mol. The summed E-state index contributed by atoms with van der Waals surface area (Å²) >= 11 is 6.17. The zero-order chi connectivity index (χ0) is 20.8. The fourth-order valence-electron chi connectivity index (χ4n) is 3.65. The molecule has 2 heterocycles. The summed E-state index contributed by atoms with van der Waals surface area (Å²) in [6.45, 7) is -0.452. The molecule has 1 aliphatic heterocycles. The Bertz CT molecular complexity index is 1260. The molecule has 5 rings (SSSR count). The van der Waals surface area contributed by atoms with Gasteiger partial charge < -0.3 is 5.11 Å². The number of thioether (sulfide) groups is 1. The SMILES string of the molecule is O=C(O)CN1C(=O)/C(=C/c2cn(-c3ccc4c(c3)Cc3ccccc3-4)nn2)SC1=S. The van der Waals surface area contributed by atoms with Crippen molar-refractivity contribution in [3.63, 3.8) is 0 Å². The van der Waals surface area contributed by atoms with Gasteiger partial charge in [-0.3, -0.25) is 14.5 Å². The summed E-state index contributed by atoms with van der Waals surface area (Å²) in [6.07, 6.45) is 4.19. The lowest BCUT2D eigenvalue weighted by Crippen LogP contribution is -2.33. The number of aromatic nitrogens is 3. The van der Waals surface area contributed by atoms with Gasteiger partial charge in [0.05, 0.1) is 16.8 Å². The van der Waals surface area contributed by atoms with Crippen LogP contribution in [-0.4, -0.2) is 47.7 Å². The second-order valence-electron chi connectivity index (χ2n) is 6.92. The normalized spacial score (nSPS) is 16.3. The van der Waals surface area contributed by atoms with Crippen LogP contribution in [-0.2, 0) is 16.0 Å². The standard InChI is InChI=1S/C21H14N4O3S2/c26-19(27)11-24-20(28)18(30-21(24)29)9-14-10-25(23-22-14)15-5-6-17-13(8-15)7-12-3-1-2-4-16(12)17/h1-6,8-10H,7,11H2,(H,26,27)/b18-9-. The number of amides is 1. The Labute approximate surface area is 181 Å². The summed E-state index contributed by atoms with van der Waals surface area (Å²) < 4.78 is 1.88. The van der Waals surface area contributed by atoms with Crippen molar-refractivity contribution in [1.29, 1.82) is 0 Å². The van der Waals surface area contributed by atoms with E-state index in [1.54, 1.807) is 17.0 Å². The molecule has 3 aromatic rings. The van der Waals surface area contributed by atoms with Gasteiger partial charge in [-0.25, -0.2) is 4.68 Å². The Balaban J connectivity index is 1.40. The molecule has 2 aromatic carbocycles. The minimum atomic E-state index is -1.11. The van der Waals surface area contributed by atoms with E-state index in [1.165, 1.54) is 22.3 Å². The second kappa shape index (κ2) is 7.19. The average Bonchev–Trinajstić information content (AvgIpc) is 3.40. The highest BCUT2D eigenvalue weighted by atomic mass is 32.2. The van der Waals surface area contributed by atoms with Crippen molar-refractivity contribution >= 4 is 46.3 Å². The van der Waals surface area contributed by atoms with Crippen LogP contribution in [0.15, 0.2) is 53.6 Å². The van der Waals surface area contributed by atoms with Crippen molar-refractivity contribution in [2.24, 2.45) is 0 Å². The van der Waals surface area contributed by atoms with Gasteiger partial charge in [0.2, 0.25) is 0 Å². The molecule has 1 aliphatic carbocycles. The van der Waals surface area contributed by atoms with Crippen LogP contribution in [0.25, 0.3) is 22.9 Å². The molecule has 9 heteroatoms. The van der Waals surface area contributed by atoms with E-state index in [0.29, 0.717) is 10.6 Å². The van der Waals surface area contributed by atoms with Gasteiger partial charge in [0, 0.05) is 0 Å². The summed E-state index contributed by atoms with van der Waals surface area (Å²) in [4.78, 5) is 24.7. The molecular formula is C21H14N4O3S2. The number of fused-ring (bicyclic) bond motifs is 3. The van der Waals surface area contributed by atoms with Crippen molar-refractivity contribution in [2.75, 3.05) is 6.54 Å². The number of hydrogen-bond donors (Lipinski definition) is 1. The largest absolute Gasteiger partial charge is 0.480 e. The minimum Gasteiger partial charge on any atom is -0.480 e. The van der Waals surface area contributed by atoms with E-state index in [2.05, 4.69) is 40.6 Å². The summed E-state index contributed by atoms with van der Waals surface area (Å²) in [5, 5.41) is 17.2. The lowest BCUT2D eigenvalue weighted by atomic mass is 10.1. The summed E-state index contributed by atoms with van der Waals surface area (Å²) in [5.74, 6) is -1.55. The van der Waals surface area contributed by atoms with Crippen LogP contribution >= 0.6 is 24.0 Å². The predicted octanol–water partition coefficient (Wildman–Crippen LogP) is 3.12. The number of rotatable bonds is 4. The van der Waals surface area contributed by atoms with E-state index < -0.39 is 18.4 Å². The topological polar surface area (TPSA) is 88.3 Å². The third-order valence-corrected chi connectivity index (χ3v) is 6.38. The maximum Gasteiger partial charge on any atom is 0.323 e. The van der Waals surface area contributed by atoms with Crippen LogP contribution < -0.4 is 0 Å². The first-order valence-corrected chi connectivity index (χ1v) is 10.3.